The van der Waals surface area contributed by atoms with Gasteiger partial charge in [0.1, 0.15) is 5.82 Å². The minimum absolute atomic E-state index is 0.226. The van der Waals surface area contributed by atoms with Crippen LogP contribution in [0.5, 0.6) is 0 Å². The molecule has 2 aromatic carbocycles. The van der Waals surface area contributed by atoms with Crippen molar-refractivity contribution in [1.82, 2.24) is 4.98 Å². The van der Waals surface area contributed by atoms with Crippen molar-refractivity contribution in [3.05, 3.63) is 65.1 Å². The maximum Gasteiger partial charge on any atom is 0.123 e. The summed E-state index contributed by atoms with van der Waals surface area (Å²) in [4.78, 5) is 4.73. The highest BCUT2D eigenvalue weighted by Gasteiger charge is 2.20. The van der Waals surface area contributed by atoms with Crippen molar-refractivity contribution in [1.29, 1.82) is 0 Å². The molecule has 2 nitrogen and oxygen atoms in total. The molecule has 4 rings (SSSR count). The SMILES string of the molecule is Cc1nc2cccc3c2c(c1-c1ccc(F)cc1)COC3. The van der Waals surface area contributed by atoms with Gasteiger partial charge in [0, 0.05) is 16.6 Å². The highest BCUT2D eigenvalue weighted by molar-refractivity contribution is 5.92. The molecule has 1 aliphatic heterocycles. The third-order valence-electron chi connectivity index (χ3n) is 4.02. The van der Waals surface area contributed by atoms with E-state index in [2.05, 4.69) is 6.07 Å². The van der Waals surface area contributed by atoms with Gasteiger partial charge in [0.25, 0.3) is 0 Å². The summed E-state index contributed by atoms with van der Waals surface area (Å²) in [7, 11) is 0. The highest BCUT2D eigenvalue weighted by Crippen LogP contribution is 2.36. The molecule has 0 fully saturated rings. The van der Waals surface area contributed by atoms with E-state index in [4.69, 9.17) is 9.72 Å². The first-order valence-electron chi connectivity index (χ1n) is 6.99. The fraction of sp³-hybridized carbons (Fsp3) is 0.167. The number of ether oxygens (including phenoxy) is 1. The van der Waals surface area contributed by atoms with Crippen LogP contribution in [0, 0.1) is 12.7 Å². The summed E-state index contributed by atoms with van der Waals surface area (Å²) >= 11 is 0. The standard InChI is InChI=1S/C18H14FNO/c1-11-17(12-5-7-14(19)8-6-12)15-10-21-9-13-3-2-4-16(20-11)18(13)15/h2-8H,9-10H2,1H3. The highest BCUT2D eigenvalue weighted by atomic mass is 19.1. The van der Waals surface area contributed by atoms with E-state index in [0.29, 0.717) is 13.2 Å². The second-order valence-corrected chi connectivity index (χ2v) is 5.36. The summed E-state index contributed by atoms with van der Waals surface area (Å²) in [5.74, 6) is -0.226. The van der Waals surface area contributed by atoms with Gasteiger partial charge in [0.2, 0.25) is 0 Å². The summed E-state index contributed by atoms with van der Waals surface area (Å²) in [6.45, 7) is 3.19. The van der Waals surface area contributed by atoms with Crippen LogP contribution in [0.2, 0.25) is 0 Å². The maximum absolute atomic E-state index is 13.2. The van der Waals surface area contributed by atoms with Crippen LogP contribution in [0.4, 0.5) is 4.39 Å². The van der Waals surface area contributed by atoms with Crippen LogP contribution in [0.1, 0.15) is 16.8 Å². The summed E-state index contributed by atoms with van der Waals surface area (Å²) in [5.41, 5.74) is 6.34. The lowest BCUT2D eigenvalue weighted by molar-refractivity contribution is 0.103. The molecule has 104 valence electrons. The molecule has 2 heterocycles. The van der Waals surface area contributed by atoms with E-state index in [9.17, 15) is 4.39 Å². The van der Waals surface area contributed by atoms with Crippen LogP contribution in [0.3, 0.4) is 0 Å². The van der Waals surface area contributed by atoms with Gasteiger partial charge in [0.15, 0.2) is 0 Å². The molecule has 0 N–H and O–H groups in total. The minimum atomic E-state index is -0.226. The van der Waals surface area contributed by atoms with Crippen molar-refractivity contribution in [3.8, 4) is 11.1 Å². The molecule has 0 atom stereocenters. The Morgan fingerprint density at radius 3 is 2.67 bits per heavy atom. The predicted octanol–water partition coefficient (Wildman–Crippen LogP) is 4.38. The Morgan fingerprint density at radius 1 is 1.05 bits per heavy atom. The molecule has 0 aliphatic carbocycles. The molecular weight excluding hydrogens is 265 g/mol. The zero-order valence-electron chi connectivity index (χ0n) is 11.7. The summed E-state index contributed by atoms with van der Waals surface area (Å²) in [6.07, 6.45) is 0. The largest absolute Gasteiger partial charge is 0.372 e. The Kier molecular flexibility index (Phi) is 2.76. The Balaban J connectivity index is 2.08. The number of hydrogen-bond acceptors (Lipinski definition) is 2. The number of aryl methyl sites for hydroxylation is 1. The van der Waals surface area contributed by atoms with Gasteiger partial charge in [-0.2, -0.15) is 0 Å². The molecule has 1 aliphatic rings. The topological polar surface area (TPSA) is 22.1 Å². The molecule has 1 aromatic heterocycles. The Hall–Kier alpha value is -2.26. The fourth-order valence-corrected chi connectivity index (χ4v) is 3.14. The smallest absolute Gasteiger partial charge is 0.123 e. The van der Waals surface area contributed by atoms with Crippen molar-refractivity contribution in [2.45, 2.75) is 20.1 Å². The lowest BCUT2D eigenvalue weighted by Gasteiger charge is -2.22. The van der Waals surface area contributed by atoms with Crippen LogP contribution in [-0.4, -0.2) is 4.98 Å². The van der Waals surface area contributed by atoms with E-state index >= 15 is 0 Å². The number of rotatable bonds is 1. The summed E-state index contributed by atoms with van der Waals surface area (Å²) in [5, 5.41) is 1.19. The van der Waals surface area contributed by atoms with Crippen molar-refractivity contribution >= 4 is 10.9 Å². The van der Waals surface area contributed by atoms with E-state index in [-0.39, 0.29) is 5.82 Å². The van der Waals surface area contributed by atoms with Gasteiger partial charge in [-0.05, 0) is 41.8 Å². The third kappa shape index (κ3) is 1.93. The Morgan fingerprint density at radius 2 is 1.86 bits per heavy atom. The number of pyridine rings is 1. The monoisotopic (exact) mass is 279 g/mol. The Bertz CT molecular complexity index is 840. The van der Waals surface area contributed by atoms with Crippen LogP contribution >= 0.6 is 0 Å². The first-order valence-corrected chi connectivity index (χ1v) is 6.99. The van der Waals surface area contributed by atoms with Crippen LogP contribution in [-0.2, 0) is 18.0 Å². The average molecular weight is 279 g/mol. The van der Waals surface area contributed by atoms with Gasteiger partial charge in [0.05, 0.1) is 18.7 Å². The second-order valence-electron chi connectivity index (χ2n) is 5.36. The number of halogens is 1. The molecule has 0 spiro atoms. The number of nitrogens with zero attached hydrogens (tertiary/aromatic N) is 1. The van der Waals surface area contributed by atoms with E-state index < -0.39 is 0 Å². The molecule has 3 aromatic rings. The normalized spacial score (nSPS) is 13.6. The molecule has 0 saturated carbocycles. The van der Waals surface area contributed by atoms with Crippen LogP contribution in [0.15, 0.2) is 42.5 Å². The first kappa shape index (κ1) is 12.5. The molecule has 0 amide bonds. The first-order chi connectivity index (χ1) is 10.2. The zero-order valence-corrected chi connectivity index (χ0v) is 11.7. The molecular formula is C18H14FNO. The van der Waals surface area contributed by atoms with Crippen molar-refractivity contribution in [2.75, 3.05) is 0 Å². The molecule has 3 heteroatoms. The molecule has 0 unspecified atom stereocenters. The summed E-state index contributed by atoms with van der Waals surface area (Å²) < 4.78 is 18.9. The van der Waals surface area contributed by atoms with Gasteiger partial charge in [-0.3, -0.25) is 4.98 Å². The minimum Gasteiger partial charge on any atom is -0.372 e. The van der Waals surface area contributed by atoms with Crippen molar-refractivity contribution < 1.29 is 9.13 Å². The van der Waals surface area contributed by atoms with E-state index in [1.165, 1.54) is 23.1 Å². The van der Waals surface area contributed by atoms with Crippen LogP contribution < -0.4 is 0 Å². The molecule has 21 heavy (non-hydrogen) atoms. The van der Waals surface area contributed by atoms with Crippen molar-refractivity contribution in [2.24, 2.45) is 0 Å². The number of aromatic nitrogens is 1. The van der Waals surface area contributed by atoms with E-state index in [0.717, 1.165) is 27.9 Å². The average Bonchev–Trinajstić information content (AvgIpc) is 2.49. The van der Waals surface area contributed by atoms with Gasteiger partial charge < -0.3 is 4.74 Å². The lowest BCUT2D eigenvalue weighted by Crippen LogP contribution is -2.08. The lowest BCUT2D eigenvalue weighted by atomic mass is 9.92. The molecule has 0 saturated heterocycles. The zero-order chi connectivity index (χ0) is 14.4. The molecule has 0 bridgehead atoms. The second kappa shape index (κ2) is 4.64. The number of benzene rings is 2. The van der Waals surface area contributed by atoms with Gasteiger partial charge >= 0.3 is 0 Å². The predicted molar refractivity (Wildman–Crippen MR) is 80.4 cm³/mol. The maximum atomic E-state index is 13.2. The van der Waals surface area contributed by atoms with Gasteiger partial charge in [-0.25, -0.2) is 4.39 Å². The third-order valence-corrected chi connectivity index (χ3v) is 4.02. The Labute approximate surface area is 122 Å². The van der Waals surface area contributed by atoms with Crippen molar-refractivity contribution in [3.63, 3.8) is 0 Å². The van der Waals surface area contributed by atoms with Gasteiger partial charge in [-0.1, -0.05) is 24.3 Å². The molecule has 0 radical (unpaired) electrons. The summed E-state index contributed by atoms with van der Waals surface area (Å²) in [6, 6.07) is 12.7. The quantitative estimate of drug-likeness (QED) is 0.659. The fourth-order valence-electron chi connectivity index (χ4n) is 3.14. The van der Waals surface area contributed by atoms with Crippen LogP contribution in [0.25, 0.3) is 22.0 Å². The van der Waals surface area contributed by atoms with Gasteiger partial charge in [-0.15, -0.1) is 0 Å². The van der Waals surface area contributed by atoms with E-state index in [1.54, 1.807) is 12.1 Å². The number of hydrogen-bond donors (Lipinski definition) is 0. The van der Waals surface area contributed by atoms with E-state index in [1.807, 2.05) is 19.1 Å².